The number of halogens is 2. The number of rotatable bonds is 3. The van der Waals surface area contributed by atoms with Crippen molar-refractivity contribution in [3.63, 3.8) is 0 Å². The Balaban J connectivity index is 0.000000980. The molecular weight excluding hydrogens is 235 g/mol. The van der Waals surface area contributed by atoms with E-state index in [1.165, 1.54) is 6.42 Å². The Morgan fingerprint density at radius 2 is 2.33 bits per heavy atom. The quantitative estimate of drug-likeness (QED) is 0.891. The van der Waals surface area contributed by atoms with Crippen molar-refractivity contribution in [2.75, 3.05) is 19.7 Å². The van der Waals surface area contributed by atoms with Gasteiger partial charge in [0.15, 0.2) is 0 Å². The number of hydrogen-bond donors (Lipinski definition) is 1. The molecule has 3 nitrogen and oxygen atoms in total. The molecule has 0 aliphatic carbocycles. The summed E-state index contributed by atoms with van der Waals surface area (Å²) in [5, 5.41) is 3.31. The van der Waals surface area contributed by atoms with Gasteiger partial charge in [-0.05, 0) is 25.1 Å². The summed E-state index contributed by atoms with van der Waals surface area (Å²) in [5.74, 6) is 1.54. The lowest BCUT2D eigenvalue weighted by Gasteiger charge is -2.09. The van der Waals surface area contributed by atoms with Crippen molar-refractivity contribution >= 4 is 24.8 Å². The van der Waals surface area contributed by atoms with E-state index in [4.69, 9.17) is 4.74 Å². The summed E-state index contributed by atoms with van der Waals surface area (Å²) in [5.41, 5.74) is 0. The molecule has 1 aromatic rings. The zero-order valence-corrected chi connectivity index (χ0v) is 10.0. The smallest absolute Gasteiger partial charge is 0.137 e. The largest absolute Gasteiger partial charge is 0.492 e. The number of pyridine rings is 1. The van der Waals surface area contributed by atoms with Crippen LogP contribution < -0.4 is 10.1 Å². The highest BCUT2D eigenvalue weighted by molar-refractivity contribution is 5.85. The molecule has 1 aliphatic heterocycles. The fourth-order valence-corrected chi connectivity index (χ4v) is 1.50. The first-order valence-electron chi connectivity index (χ1n) is 4.69. The van der Waals surface area contributed by atoms with Gasteiger partial charge in [-0.25, -0.2) is 0 Å². The van der Waals surface area contributed by atoms with Crippen molar-refractivity contribution in [1.29, 1.82) is 0 Å². The van der Waals surface area contributed by atoms with Gasteiger partial charge in [0.05, 0.1) is 12.8 Å². The monoisotopic (exact) mass is 250 g/mol. The molecule has 0 aromatic carbocycles. The van der Waals surface area contributed by atoms with E-state index in [0.717, 1.165) is 25.4 Å². The van der Waals surface area contributed by atoms with E-state index in [1.54, 1.807) is 12.4 Å². The summed E-state index contributed by atoms with van der Waals surface area (Å²) in [4.78, 5) is 3.99. The molecule has 1 N–H and O–H groups in total. The predicted molar refractivity (Wildman–Crippen MR) is 65.2 cm³/mol. The number of hydrogen-bond acceptors (Lipinski definition) is 3. The van der Waals surface area contributed by atoms with Crippen LogP contribution in [0, 0.1) is 5.92 Å². The predicted octanol–water partition coefficient (Wildman–Crippen LogP) is 1.91. The van der Waals surface area contributed by atoms with E-state index in [2.05, 4.69) is 10.3 Å². The van der Waals surface area contributed by atoms with E-state index in [0.29, 0.717) is 5.92 Å². The molecule has 0 saturated carbocycles. The van der Waals surface area contributed by atoms with Crippen LogP contribution in [0.4, 0.5) is 0 Å². The SMILES string of the molecule is Cl.Cl.c1cncc(OCC2CCNC2)c1. The van der Waals surface area contributed by atoms with Crippen molar-refractivity contribution < 1.29 is 4.74 Å². The van der Waals surface area contributed by atoms with Crippen molar-refractivity contribution in [3.05, 3.63) is 24.5 Å². The number of ether oxygens (including phenoxy) is 1. The Kier molecular flexibility index (Phi) is 7.48. The molecule has 86 valence electrons. The van der Waals surface area contributed by atoms with E-state index in [-0.39, 0.29) is 24.8 Å². The first-order valence-corrected chi connectivity index (χ1v) is 4.69. The highest BCUT2D eigenvalue weighted by atomic mass is 35.5. The van der Waals surface area contributed by atoms with Crippen molar-refractivity contribution in [2.24, 2.45) is 5.92 Å². The van der Waals surface area contributed by atoms with Crippen molar-refractivity contribution in [2.45, 2.75) is 6.42 Å². The second-order valence-corrected chi connectivity index (χ2v) is 3.36. The first kappa shape index (κ1) is 14.5. The minimum atomic E-state index is 0. The second-order valence-electron chi connectivity index (χ2n) is 3.36. The Bertz CT molecular complexity index is 253. The highest BCUT2D eigenvalue weighted by Gasteiger charge is 2.14. The van der Waals surface area contributed by atoms with Gasteiger partial charge in [0.2, 0.25) is 0 Å². The third-order valence-electron chi connectivity index (χ3n) is 2.28. The Labute approximate surface area is 102 Å². The van der Waals surface area contributed by atoms with Crippen molar-refractivity contribution in [1.82, 2.24) is 10.3 Å². The average molecular weight is 251 g/mol. The van der Waals surface area contributed by atoms with E-state index >= 15 is 0 Å². The van der Waals surface area contributed by atoms with Gasteiger partial charge in [-0.1, -0.05) is 0 Å². The maximum absolute atomic E-state index is 5.59. The molecular formula is C10H16Cl2N2O. The van der Waals surface area contributed by atoms with Crippen LogP contribution in [-0.4, -0.2) is 24.7 Å². The van der Waals surface area contributed by atoms with Gasteiger partial charge < -0.3 is 10.1 Å². The Morgan fingerprint density at radius 3 is 2.93 bits per heavy atom. The van der Waals surface area contributed by atoms with Crippen LogP contribution in [0.25, 0.3) is 0 Å². The minimum Gasteiger partial charge on any atom is -0.492 e. The molecule has 15 heavy (non-hydrogen) atoms. The summed E-state index contributed by atoms with van der Waals surface area (Å²) in [7, 11) is 0. The van der Waals surface area contributed by atoms with Crippen LogP contribution in [-0.2, 0) is 0 Å². The third-order valence-corrected chi connectivity index (χ3v) is 2.28. The lowest BCUT2D eigenvalue weighted by atomic mass is 10.1. The molecule has 1 aromatic heterocycles. The van der Waals surface area contributed by atoms with Gasteiger partial charge in [-0.3, -0.25) is 4.98 Å². The summed E-state index contributed by atoms with van der Waals surface area (Å²) in [6.45, 7) is 3.01. The van der Waals surface area contributed by atoms with Crippen LogP contribution >= 0.6 is 24.8 Å². The molecule has 1 unspecified atom stereocenters. The van der Waals surface area contributed by atoms with Gasteiger partial charge >= 0.3 is 0 Å². The molecule has 0 bridgehead atoms. The lowest BCUT2D eigenvalue weighted by molar-refractivity contribution is 0.259. The zero-order valence-electron chi connectivity index (χ0n) is 8.39. The highest BCUT2D eigenvalue weighted by Crippen LogP contribution is 2.12. The number of nitrogens with zero attached hydrogens (tertiary/aromatic N) is 1. The molecule has 1 atom stereocenters. The maximum atomic E-state index is 5.59. The normalized spacial score (nSPS) is 18.8. The summed E-state index contributed by atoms with van der Waals surface area (Å²) >= 11 is 0. The maximum Gasteiger partial charge on any atom is 0.137 e. The fraction of sp³-hybridized carbons (Fsp3) is 0.500. The van der Waals surface area contributed by atoms with Gasteiger partial charge in [-0.2, -0.15) is 0 Å². The number of aromatic nitrogens is 1. The fourth-order valence-electron chi connectivity index (χ4n) is 1.50. The zero-order chi connectivity index (χ0) is 8.93. The Morgan fingerprint density at radius 1 is 1.47 bits per heavy atom. The van der Waals surface area contributed by atoms with Gasteiger partial charge in [0, 0.05) is 18.7 Å². The molecule has 1 saturated heterocycles. The number of nitrogens with one attached hydrogen (secondary N) is 1. The molecule has 5 heteroatoms. The van der Waals surface area contributed by atoms with E-state index in [1.807, 2.05) is 12.1 Å². The topological polar surface area (TPSA) is 34.1 Å². The molecule has 1 fully saturated rings. The summed E-state index contributed by atoms with van der Waals surface area (Å²) in [6, 6.07) is 3.83. The standard InChI is InChI=1S/C10H14N2O.2ClH/c1-2-10(7-11-4-1)13-8-9-3-5-12-6-9;;/h1-2,4,7,9,12H,3,5-6,8H2;2*1H. The Hall–Kier alpha value is -0.510. The molecule has 0 spiro atoms. The average Bonchev–Trinajstić information content (AvgIpc) is 2.69. The first-order chi connectivity index (χ1) is 6.45. The third kappa shape index (κ3) is 4.69. The van der Waals surface area contributed by atoms with Crippen LogP contribution in [0.5, 0.6) is 5.75 Å². The van der Waals surface area contributed by atoms with Crippen LogP contribution in [0.15, 0.2) is 24.5 Å². The second kappa shape index (κ2) is 7.74. The van der Waals surface area contributed by atoms with Gasteiger partial charge in [0.1, 0.15) is 5.75 Å². The van der Waals surface area contributed by atoms with Gasteiger partial charge in [0.25, 0.3) is 0 Å². The van der Waals surface area contributed by atoms with Gasteiger partial charge in [-0.15, -0.1) is 24.8 Å². The summed E-state index contributed by atoms with van der Waals surface area (Å²) < 4.78 is 5.59. The minimum absolute atomic E-state index is 0. The lowest BCUT2D eigenvalue weighted by Crippen LogP contribution is -2.15. The molecule has 0 amide bonds. The van der Waals surface area contributed by atoms with Crippen LogP contribution in [0.3, 0.4) is 0 Å². The summed E-state index contributed by atoms with van der Waals surface area (Å²) in [6.07, 6.45) is 4.73. The molecule has 2 heterocycles. The van der Waals surface area contributed by atoms with E-state index in [9.17, 15) is 0 Å². The molecule has 2 rings (SSSR count). The van der Waals surface area contributed by atoms with E-state index < -0.39 is 0 Å². The van der Waals surface area contributed by atoms with Crippen LogP contribution in [0.2, 0.25) is 0 Å². The molecule has 0 radical (unpaired) electrons. The van der Waals surface area contributed by atoms with Crippen LogP contribution in [0.1, 0.15) is 6.42 Å². The van der Waals surface area contributed by atoms with Crippen molar-refractivity contribution in [3.8, 4) is 5.75 Å². The molecule has 1 aliphatic rings.